The fraction of sp³-hybridized carbons (Fsp3) is 0.353. The second kappa shape index (κ2) is 5.98. The molecule has 0 radical (unpaired) electrons. The number of thioether (sulfide) groups is 1. The molecule has 0 spiro atoms. The molecule has 1 unspecified atom stereocenters. The van der Waals surface area contributed by atoms with E-state index in [2.05, 4.69) is 0 Å². The van der Waals surface area contributed by atoms with E-state index in [1.165, 1.54) is 11.8 Å². The van der Waals surface area contributed by atoms with Gasteiger partial charge in [-0.15, -0.1) is 11.8 Å². The Morgan fingerprint density at radius 2 is 1.76 bits per heavy atom. The van der Waals surface area contributed by atoms with Crippen molar-refractivity contribution >= 4 is 28.5 Å². The van der Waals surface area contributed by atoms with Crippen LogP contribution in [0.15, 0.2) is 41.3 Å². The number of benzene rings is 2. The Morgan fingerprint density at radius 3 is 2.38 bits per heavy atom. The van der Waals surface area contributed by atoms with E-state index in [0.29, 0.717) is 0 Å². The summed E-state index contributed by atoms with van der Waals surface area (Å²) in [5, 5.41) is 11.3. The third-order valence-electron chi connectivity index (χ3n) is 2.90. The van der Waals surface area contributed by atoms with Crippen molar-refractivity contribution in [3.63, 3.8) is 0 Å². The topological polar surface area (TPSA) is 46.5 Å². The van der Waals surface area contributed by atoms with Crippen LogP contribution in [0.2, 0.25) is 0 Å². The van der Waals surface area contributed by atoms with Gasteiger partial charge in [-0.1, -0.05) is 24.3 Å². The van der Waals surface area contributed by atoms with Gasteiger partial charge >= 0.3 is 5.97 Å². The smallest absolute Gasteiger partial charge is 0.319 e. The van der Waals surface area contributed by atoms with Crippen LogP contribution in [-0.4, -0.2) is 21.9 Å². The van der Waals surface area contributed by atoms with Crippen LogP contribution in [0.5, 0.6) is 5.75 Å². The minimum Gasteiger partial charge on any atom is -0.507 e. The lowest BCUT2D eigenvalue weighted by atomic mass is 10.1. The molecule has 1 N–H and O–H groups in total. The number of carbonyl (C=O) groups is 1. The molecule has 0 fully saturated rings. The van der Waals surface area contributed by atoms with Crippen molar-refractivity contribution < 1.29 is 14.6 Å². The maximum Gasteiger partial charge on any atom is 0.319 e. The fourth-order valence-electron chi connectivity index (χ4n) is 1.98. The minimum atomic E-state index is -0.483. The number of ether oxygens (including phenoxy) is 1. The fourth-order valence-corrected chi connectivity index (χ4v) is 2.96. The third kappa shape index (κ3) is 3.91. The molecule has 0 aliphatic heterocycles. The summed E-state index contributed by atoms with van der Waals surface area (Å²) in [5.41, 5.74) is -0.483. The Bertz CT molecular complexity index is 659. The molecule has 112 valence electrons. The molecular formula is C17H20O3S. The average molecular weight is 304 g/mol. The van der Waals surface area contributed by atoms with E-state index in [1.54, 1.807) is 6.07 Å². The van der Waals surface area contributed by atoms with Gasteiger partial charge in [-0.2, -0.15) is 0 Å². The number of aromatic hydroxyl groups is 1. The monoisotopic (exact) mass is 304 g/mol. The molecule has 0 heterocycles. The van der Waals surface area contributed by atoms with Crippen LogP contribution in [0.4, 0.5) is 0 Å². The summed E-state index contributed by atoms with van der Waals surface area (Å²) in [6, 6.07) is 11.1. The van der Waals surface area contributed by atoms with Gasteiger partial charge in [0.2, 0.25) is 0 Å². The lowest BCUT2D eigenvalue weighted by Crippen LogP contribution is -2.28. The summed E-state index contributed by atoms with van der Waals surface area (Å²) in [6.45, 7) is 7.41. The van der Waals surface area contributed by atoms with Crippen molar-refractivity contribution in [2.24, 2.45) is 0 Å². The summed E-state index contributed by atoms with van der Waals surface area (Å²) in [5.74, 6) is 0.0181. The normalized spacial score (nSPS) is 13.1. The van der Waals surface area contributed by atoms with Crippen molar-refractivity contribution in [2.75, 3.05) is 0 Å². The molecule has 0 aliphatic carbocycles. The van der Waals surface area contributed by atoms with E-state index in [4.69, 9.17) is 4.74 Å². The van der Waals surface area contributed by atoms with Gasteiger partial charge in [0.15, 0.2) is 0 Å². The Hall–Kier alpha value is -1.68. The Balaban J connectivity index is 2.24. The van der Waals surface area contributed by atoms with Gasteiger partial charge in [-0.25, -0.2) is 0 Å². The van der Waals surface area contributed by atoms with E-state index in [0.717, 1.165) is 15.7 Å². The van der Waals surface area contributed by atoms with Crippen LogP contribution in [0, 0.1) is 0 Å². The summed E-state index contributed by atoms with van der Waals surface area (Å²) in [7, 11) is 0. The summed E-state index contributed by atoms with van der Waals surface area (Å²) < 4.78 is 5.40. The van der Waals surface area contributed by atoms with Gasteiger partial charge in [-0.3, -0.25) is 4.79 Å². The highest BCUT2D eigenvalue weighted by Gasteiger charge is 2.23. The van der Waals surface area contributed by atoms with Gasteiger partial charge in [0.1, 0.15) is 16.6 Å². The molecule has 3 nitrogen and oxygen atoms in total. The first-order valence-electron chi connectivity index (χ1n) is 6.88. The first kappa shape index (κ1) is 15.7. The summed E-state index contributed by atoms with van der Waals surface area (Å²) in [6.07, 6.45) is 0. The molecular weight excluding hydrogens is 284 g/mol. The van der Waals surface area contributed by atoms with Crippen LogP contribution in [0.3, 0.4) is 0 Å². The van der Waals surface area contributed by atoms with Crippen molar-refractivity contribution in [3.8, 4) is 5.75 Å². The number of fused-ring (bicyclic) bond motifs is 1. The lowest BCUT2D eigenvalue weighted by molar-refractivity contribution is -0.153. The van der Waals surface area contributed by atoms with Gasteiger partial charge in [-0.05, 0) is 45.2 Å². The molecule has 4 heteroatoms. The van der Waals surface area contributed by atoms with Gasteiger partial charge in [0.25, 0.3) is 0 Å². The molecule has 2 aromatic rings. The third-order valence-corrected chi connectivity index (χ3v) is 4.06. The van der Waals surface area contributed by atoms with Crippen LogP contribution >= 0.6 is 11.8 Å². The van der Waals surface area contributed by atoms with E-state index in [9.17, 15) is 9.90 Å². The quantitative estimate of drug-likeness (QED) is 0.675. The van der Waals surface area contributed by atoms with Crippen molar-refractivity contribution in [1.82, 2.24) is 0 Å². The zero-order valence-electron chi connectivity index (χ0n) is 12.7. The zero-order chi connectivity index (χ0) is 15.6. The van der Waals surface area contributed by atoms with Gasteiger partial charge in [0.05, 0.1) is 0 Å². The minimum absolute atomic E-state index is 0.232. The van der Waals surface area contributed by atoms with E-state index in [1.807, 2.05) is 58.0 Å². The molecule has 0 amide bonds. The Labute approximate surface area is 129 Å². The first-order valence-corrected chi connectivity index (χ1v) is 7.76. The summed E-state index contributed by atoms with van der Waals surface area (Å²) >= 11 is 1.44. The highest BCUT2D eigenvalue weighted by molar-refractivity contribution is 8.00. The van der Waals surface area contributed by atoms with Crippen LogP contribution in [0.1, 0.15) is 27.7 Å². The van der Waals surface area contributed by atoms with E-state index >= 15 is 0 Å². The second-order valence-corrected chi connectivity index (χ2v) is 7.30. The Morgan fingerprint density at radius 1 is 1.14 bits per heavy atom. The summed E-state index contributed by atoms with van der Waals surface area (Å²) in [4.78, 5) is 13.0. The van der Waals surface area contributed by atoms with Gasteiger partial charge in [0, 0.05) is 10.3 Å². The van der Waals surface area contributed by atoms with Crippen molar-refractivity contribution in [2.45, 2.75) is 43.4 Å². The Kier molecular flexibility index (Phi) is 4.47. The molecule has 2 aromatic carbocycles. The highest BCUT2D eigenvalue weighted by atomic mass is 32.2. The number of hydrogen-bond donors (Lipinski definition) is 1. The van der Waals surface area contributed by atoms with Crippen LogP contribution in [0.25, 0.3) is 10.8 Å². The number of esters is 1. The molecule has 0 saturated carbocycles. The molecule has 0 bridgehead atoms. The zero-order valence-corrected chi connectivity index (χ0v) is 13.5. The predicted molar refractivity (Wildman–Crippen MR) is 86.8 cm³/mol. The lowest BCUT2D eigenvalue weighted by Gasteiger charge is -2.22. The van der Waals surface area contributed by atoms with Crippen molar-refractivity contribution in [3.05, 3.63) is 36.4 Å². The number of phenolic OH excluding ortho intramolecular Hbond substituents is 1. The number of rotatable bonds is 3. The molecule has 0 saturated heterocycles. The second-order valence-electron chi connectivity index (χ2n) is 5.92. The van der Waals surface area contributed by atoms with Crippen LogP contribution in [-0.2, 0) is 9.53 Å². The molecule has 0 aliphatic rings. The largest absolute Gasteiger partial charge is 0.507 e. The average Bonchev–Trinajstić information content (AvgIpc) is 2.40. The standard InChI is InChI=1S/C17H20O3S/c1-11(16(19)20-17(2,3)4)21-15-10-9-14(18)12-7-5-6-8-13(12)15/h5-11,18H,1-4H3. The van der Waals surface area contributed by atoms with E-state index in [-0.39, 0.29) is 17.0 Å². The SMILES string of the molecule is CC(Sc1ccc(O)c2ccccc12)C(=O)OC(C)(C)C. The molecule has 2 rings (SSSR count). The molecule has 0 aromatic heterocycles. The molecule has 1 atom stereocenters. The highest BCUT2D eigenvalue weighted by Crippen LogP contribution is 2.35. The van der Waals surface area contributed by atoms with Crippen molar-refractivity contribution in [1.29, 1.82) is 0 Å². The molecule has 21 heavy (non-hydrogen) atoms. The predicted octanol–water partition coefficient (Wildman–Crippen LogP) is 4.37. The maximum absolute atomic E-state index is 12.1. The van der Waals surface area contributed by atoms with E-state index < -0.39 is 5.60 Å². The van der Waals surface area contributed by atoms with Gasteiger partial charge < -0.3 is 9.84 Å². The van der Waals surface area contributed by atoms with Crippen LogP contribution < -0.4 is 0 Å². The first-order chi connectivity index (χ1) is 9.78. The number of hydrogen-bond acceptors (Lipinski definition) is 4. The maximum atomic E-state index is 12.1. The number of phenols is 1. The number of carbonyl (C=O) groups excluding carboxylic acids is 1.